The SMILES string of the molecule is O=P([O][Mo](=[O])(=[O])[O][Mo](=[O])(=[O])[O][Mo](=[O])(=[O])[O][Mo](=[O])(=[O])[OH])([O][Mo](=[O])(=[O])[O][Mo](=[O])(=[O])[O][Mo](=[O])(=[O])[O][Mo](=[O])(=[O])[OH])[O][Mo](=[O])(=[O])[O][Mo](=[O])(=[O])[O][Mo](=[O])(=[O])[O][Mo](=[O])(=[O])[OH].[Na+].[Na+]. The van der Waals surface area contributed by atoms with Crippen molar-refractivity contribution in [2.45, 2.75) is 0 Å². The van der Waals surface area contributed by atoms with Gasteiger partial charge in [-0.05, 0) is 0 Å². The van der Waals surface area contributed by atoms with Gasteiger partial charge in [-0.2, -0.15) is 0 Å². The van der Waals surface area contributed by atoms with Crippen molar-refractivity contribution in [3.63, 3.8) is 0 Å². The molecule has 0 amide bonds. The van der Waals surface area contributed by atoms with E-state index in [2.05, 4.69) is 27.9 Å². The third kappa shape index (κ3) is 32.4. The van der Waals surface area contributed by atoms with Crippen LogP contribution in [0.3, 0.4) is 0 Å². The minimum absolute atomic E-state index is 0. The van der Waals surface area contributed by atoms with Crippen LogP contribution < -0.4 is 59.1 Å². The smallest absolute Gasteiger partial charge is 1.00 e. The molecule has 0 aliphatic heterocycles. The maximum atomic E-state index is 12.8. The van der Waals surface area contributed by atoms with Gasteiger partial charge in [-0.3, -0.25) is 0 Å². The average molecular weight is 1870 g/mol. The predicted molar refractivity (Wildman–Crippen MR) is 43.8 cm³/mol. The first-order chi connectivity index (χ1) is 22.5. The van der Waals surface area contributed by atoms with Crippen LogP contribution in [0.2, 0.25) is 0 Å². The fourth-order valence-corrected chi connectivity index (χ4v) is 60.4. The van der Waals surface area contributed by atoms with Gasteiger partial charge in [0, 0.05) is 0 Å². The van der Waals surface area contributed by atoms with Gasteiger partial charge < -0.3 is 0 Å². The van der Waals surface area contributed by atoms with Crippen LogP contribution in [0.4, 0.5) is 0 Å². The molecule has 0 saturated carbocycles. The van der Waals surface area contributed by atoms with Crippen molar-refractivity contribution in [2.24, 2.45) is 0 Å². The van der Waals surface area contributed by atoms with Crippen molar-refractivity contribution in [3.8, 4) is 0 Å². The third-order valence-corrected chi connectivity index (χ3v) is 62.5. The summed E-state index contributed by atoms with van der Waals surface area (Å²) in [6, 6.07) is 0. The Hall–Kier alpha value is 5.09. The zero-order valence-corrected chi connectivity index (χ0v) is 52.8. The molecule has 40 nitrogen and oxygen atoms in total. The largest absolute Gasteiger partial charge is 1.00 e. The fourth-order valence-electron chi connectivity index (χ4n) is 1.41. The Morgan fingerprint density at radius 3 is 0.527 bits per heavy atom. The van der Waals surface area contributed by atoms with E-state index in [1.807, 2.05) is 0 Å². The van der Waals surface area contributed by atoms with Crippen LogP contribution >= 0.6 is 7.82 Å². The van der Waals surface area contributed by atoms with Gasteiger partial charge in [0.25, 0.3) is 0 Å². The molecule has 0 atom stereocenters. The van der Waals surface area contributed by atoms with Crippen LogP contribution in [0.5, 0.6) is 0 Å². The molecule has 0 unspecified atom stereocenters. The van der Waals surface area contributed by atoms with Crippen molar-refractivity contribution in [1.29, 1.82) is 0 Å². The molecule has 0 fully saturated rings. The van der Waals surface area contributed by atoms with E-state index in [9.17, 15) is 86.1 Å². The van der Waals surface area contributed by atoms with Gasteiger partial charge >= 0.3 is 393 Å². The van der Waals surface area contributed by atoms with E-state index in [0.29, 0.717) is 0 Å². The first kappa shape index (κ1) is 64.4. The second-order valence-electron chi connectivity index (χ2n) is 6.24. The second kappa shape index (κ2) is 22.1. The Kier molecular flexibility index (Phi) is 25.8. The molecule has 0 aromatic heterocycles. The molecule has 55 heteroatoms. The molecule has 0 heterocycles. The summed E-state index contributed by atoms with van der Waals surface area (Å²) in [6.07, 6.45) is 0. The Morgan fingerprint density at radius 1 is 0.255 bits per heavy atom. The molecule has 55 heavy (non-hydrogen) atoms. The number of hydrogen-bond donors (Lipinski definition) is 3. The van der Waals surface area contributed by atoms with E-state index in [0.717, 1.165) is 0 Å². The van der Waals surface area contributed by atoms with Crippen LogP contribution in [0.15, 0.2) is 0 Å². The van der Waals surface area contributed by atoms with Gasteiger partial charge in [-0.25, -0.2) is 0 Å². The summed E-state index contributed by atoms with van der Waals surface area (Å²) in [4.78, 5) is 0. The van der Waals surface area contributed by atoms with E-state index in [-0.39, 0.29) is 59.1 Å². The quantitative estimate of drug-likeness (QED) is 0.0597. The summed E-state index contributed by atoms with van der Waals surface area (Å²) >= 11 is -97.4. The molecule has 0 aromatic carbocycles. The Balaban J connectivity index is -0.0000135. The van der Waals surface area contributed by atoms with Gasteiger partial charge in [0.05, 0.1) is 0 Å². The van der Waals surface area contributed by atoms with Crippen molar-refractivity contribution < 1.29 is 385 Å². The molecule has 0 aliphatic rings. The van der Waals surface area contributed by atoms with Crippen LogP contribution in [0, 0.1) is 0 Å². The Bertz CT molecular complexity index is 2520. The summed E-state index contributed by atoms with van der Waals surface area (Å²) in [5, 5.41) is 0. The molecule has 320 valence electrons. The van der Waals surface area contributed by atoms with Gasteiger partial charge in [-0.15, -0.1) is 0 Å². The standard InChI is InChI=1S/12Mo.2Na.H3O4P.3H2O.33O/c;;;;;;;;;;;;;;1-5(2,3)4;;;;;;;;;;;;;;;;;;;;;;;;;;;;;;;;;;;;/h;;;;;;;;;;;;;;(H3,1,2,3,4);3*1H2;;;;;;;;;;;;;;;;;;;;;;;;;;;;;;;;;/q;;;;;;8*+1;;;;;;;;;;;;;;;;;;;;;;;;;;;;;;;;;;;;;/p-6. The van der Waals surface area contributed by atoms with Crippen molar-refractivity contribution >= 4 is 7.82 Å². The molecule has 0 radical (unpaired) electrons. The van der Waals surface area contributed by atoms with Gasteiger partial charge in [0.2, 0.25) is 0 Å². The van der Waals surface area contributed by atoms with Crippen LogP contribution in [-0.2, 0) is 315 Å². The zero-order valence-electron chi connectivity index (χ0n) is 23.8. The second-order valence-corrected chi connectivity index (χ2v) is 56.1. The van der Waals surface area contributed by atoms with Crippen LogP contribution in [0.25, 0.3) is 0 Å². The van der Waals surface area contributed by atoms with Crippen LogP contribution in [0.1, 0.15) is 0 Å². The number of hydrogen-bond acceptors (Lipinski definition) is 37. The summed E-state index contributed by atoms with van der Waals surface area (Å²) in [6.45, 7) is 0. The first-order valence-electron chi connectivity index (χ1n) is 8.78. The molecule has 0 saturated heterocycles. The van der Waals surface area contributed by atoms with E-state index >= 15 is 0 Å². The Morgan fingerprint density at radius 2 is 0.382 bits per heavy atom. The van der Waals surface area contributed by atoms with Gasteiger partial charge in [-0.1, -0.05) is 0 Å². The molecular weight excluding hydrogens is 1870 g/mol. The summed E-state index contributed by atoms with van der Waals surface area (Å²) < 4.78 is 347. The minimum atomic E-state index is -8.79. The normalized spacial score (nSPS) is 15.0. The van der Waals surface area contributed by atoms with E-state index < -0.39 is 209 Å². The van der Waals surface area contributed by atoms with Crippen LogP contribution in [-0.4, -0.2) is 11.3 Å². The van der Waals surface area contributed by atoms with Gasteiger partial charge in [0.1, 0.15) is 0 Å². The van der Waals surface area contributed by atoms with Gasteiger partial charge in [0.15, 0.2) is 0 Å². The maximum Gasteiger partial charge on any atom is 1.00 e. The molecule has 0 aliphatic carbocycles. The molecule has 3 N–H and O–H groups in total. The van der Waals surface area contributed by atoms with Crippen molar-refractivity contribution in [2.75, 3.05) is 0 Å². The number of rotatable bonds is 24. The molecule has 0 rings (SSSR count). The molecule has 0 aromatic rings. The third-order valence-electron chi connectivity index (χ3n) is 2.06. The first-order valence-corrected chi connectivity index (χ1v) is 49.8. The number of phosphoric acid groups is 1. The summed E-state index contributed by atoms with van der Waals surface area (Å²) in [5.74, 6) is 0. The summed E-state index contributed by atoms with van der Waals surface area (Å²) in [5.41, 5.74) is 0. The van der Waals surface area contributed by atoms with E-state index in [1.165, 1.54) is 0 Å². The molecule has 0 bridgehead atoms. The monoisotopic (exact) mass is 1890 g/mol. The van der Waals surface area contributed by atoms with E-state index in [4.69, 9.17) is 11.3 Å². The Labute approximate surface area is 384 Å². The van der Waals surface area contributed by atoms with Crippen molar-refractivity contribution in [1.82, 2.24) is 0 Å². The van der Waals surface area contributed by atoms with E-state index in [1.54, 1.807) is 0 Å². The van der Waals surface area contributed by atoms with Crippen molar-refractivity contribution in [3.05, 3.63) is 0 Å². The predicted octanol–water partition coefficient (Wildman–Crippen LogP) is -10.6. The topological polar surface area (TPSA) is 598 Å². The maximum absolute atomic E-state index is 12.8. The molecular formula is H3Mo12Na2O40P+2. The summed E-state index contributed by atoms with van der Waals surface area (Å²) in [7, 11) is -7.91. The molecule has 0 spiro atoms. The fraction of sp³-hybridized carbons (Fsp3) is 0. The zero-order chi connectivity index (χ0) is 43.0. The minimum Gasteiger partial charge on any atom is 1.00 e. The average Bonchev–Trinajstić information content (AvgIpc) is 2.58.